The van der Waals surface area contributed by atoms with Gasteiger partial charge >= 0.3 is 0 Å². The van der Waals surface area contributed by atoms with Crippen molar-refractivity contribution in [2.45, 2.75) is 6.42 Å². The third-order valence-electron chi connectivity index (χ3n) is 2.08. The number of amides is 1. The highest BCUT2D eigenvalue weighted by Crippen LogP contribution is 2.16. The van der Waals surface area contributed by atoms with Crippen LogP contribution < -0.4 is 10.1 Å². The van der Waals surface area contributed by atoms with E-state index in [1.165, 1.54) is 11.3 Å². The molecule has 0 unspecified atom stereocenters. The van der Waals surface area contributed by atoms with Gasteiger partial charge in [-0.2, -0.15) is 0 Å². The number of ether oxygens (including phenoxy) is 1. The zero-order chi connectivity index (χ0) is 12.1. The molecule has 2 aromatic rings. The van der Waals surface area contributed by atoms with E-state index in [1.807, 2.05) is 0 Å². The van der Waals surface area contributed by atoms with Crippen molar-refractivity contribution in [2.24, 2.45) is 0 Å². The molecule has 88 valence electrons. The highest BCUT2D eigenvalue weighted by Gasteiger charge is 2.10. The molecule has 0 aliphatic rings. The molecule has 5 nitrogen and oxygen atoms in total. The Balaban J connectivity index is 2.03. The van der Waals surface area contributed by atoms with Crippen LogP contribution in [0.1, 0.15) is 5.69 Å². The maximum atomic E-state index is 11.7. The summed E-state index contributed by atoms with van der Waals surface area (Å²) < 4.78 is 5.13. The Morgan fingerprint density at radius 2 is 2.35 bits per heavy atom. The van der Waals surface area contributed by atoms with E-state index in [-0.39, 0.29) is 12.3 Å². The number of anilines is 1. The van der Waals surface area contributed by atoms with Crippen LogP contribution in [0.3, 0.4) is 0 Å². The predicted molar refractivity (Wildman–Crippen MR) is 65.2 cm³/mol. The van der Waals surface area contributed by atoms with Gasteiger partial charge in [-0.1, -0.05) is 0 Å². The molecule has 2 heterocycles. The number of carbonyl (C=O) groups is 1. The maximum absolute atomic E-state index is 11.7. The first-order valence-electron chi connectivity index (χ1n) is 4.97. The van der Waals surface area contributed by atoms with Crippen molar-refractivity contribution in [3.05, 3.63) is 35.6 Å². The van der Waals surface area contributed by atoms with E-state index in [0.717, 1.165) is 0 Å². The molecule has 2 rings (SSSR count). The van der Waals surface area contributed by atoms with Gasteiger partial charge in [0.05, 0.1) is 19.2 Å². The SMILES string of the molecule is COc1cccnc1CC(=O)Nc1nccs1. The van der Waals surface area contributed by atoms with Crippen LogP contribution in [0.5, 0.6) is 5.75 Å². The van der Waals surface area contributed by atoms with Gasteiger partial charge in [0, 0.05) is 17.8 Å². The van der Waals surface area contributed by atoms with Crippen molar-refractivity contribution in [1.29, 1.82) is 0 Å². The van der Waals surface area contributed by atoms with Gasteiger partial charge in [-0.3, -0.25) is 9.78 Å². The third-order valence-corrected chi connectivity index (χ3v) is 2.76. The fraction of sp³-hybridized carbons (Fsp3) is 0.182. The predicted octanol–water partition coefficient (Wildman–Crippen LogP) is 1.73. The van der Waals surface area contributed by atoms with Gasteiger partial charge in [-0.25, -0.2) is 4.98 Å². The molecule has 0 saturated heterocycles. The average molecular weight is 249 g/mol. The number of nitrogens with zero attached hydrogens (tertiary/aromatic N) is 2. The van der Waals surface area contributed by atoms with E-state index in [1.54, 1.807) is 37.0 Å². The van der Waals surface area contributed by atoms with Crippen LogP contribution in [-0.2, 0) is 11.2 Å². The van der Waals surface area contributed by atoms with Crippen molar-refractivity contribution in [2.75, 3.05) is 12.4 Å². The number of hydrogen-bond acceptors (Lipinski definition) is 5. The molecule has 0 spiro atoms. The second-order valence-corrected chi connectivity index (χ2v) is 4.11. The van der Waals surface area contributed by atoms with Crippen LogP contribution >= 0.6 is 11.3 Å². The van der Waals surface area contributed by atoms with E-state index in [0.29, 0.717) is 16.6 Å². The molecule has 0 saturated carbocycles. The van der Waals surface area contributed by atoms with E-state index >= 15 is 0 Å². The molecule has 0 fully saturated rings. The lowest BCUT2D eigenvalue weighted by atomic mass is 10.2. The van der Waals surface area contributed by atoms with Crippen LogP contribution in [0.4, 0.5) is 5.13 Å². The minimum absolute atomic E-state index is 0.156. The second-order valence-electron chi connectivity index (χ2n) is 3.21. The molecule has 0 aliphatic heterocycles. The van der Waals surface area contributed by atoms with E-state index in [4.69, 9.17) is 4.74 Å². The van der Waals surface area contributed by atoms with Gasteiger partial charge < -0.3 is 10.1 Å². The largest absolute Gasteiger partial charge is 0.495 e. The molecule has 6 heteroatoms. The van der Waals surface area contributed by atoms with Crippen LogP contribution in [0.2, 0.25) is 0 Å². The van der Waals surface area contributed by atoms with E-state index in [2.05, 4.69) is 15.3 Å². The minimum Gasteiger partial charge on any atom is -0.495 e. The molecule has 0 radical (unpaired) electrons. The number of rotatable bonds is 4. The molecule has 1 amide bonds. The summed E-state index contributed by atoms with van der Waals surface area (Å²) >= 11 is 1.38. The maximum Gasteiger partial charge on any atom is 0.232 e. The monoisotopic (exact) mass is 249 g/mol. The molecule has 0 bridgehead atoms. The van der Waals surface area contributed by atoms with Crippen LogP contribution in [0.25, 0.3) is 0 Å². The fourth-order valence-corrected chi connectivity index (χ4v) is 1.89. The zero-order valence-corrected chi connectivity index (χ0v) is 10.0. The third kappa shape index (κ3) is 3.01. The second kappa shape index (κ2) is 5.40. The molecule has 0 atom stereocenters. The van der Waals surface area contributed by atoms with Crippen LogP contribution in [-0.4, -0.2) is 23.0 Å². The molecular weight excluding hydrogens is 238 g/mol. The quantitative estimate of drug-likeness (QED) is 0.896. The normalized spacial score (nSPS) is 9.94. The summed E-state index contributed by atoms with van der Waals surface area (Å²) in [6.07, 6.45) is 3.44. The summed E-state index contributed by atoms with van der Waals surface area (Å²) in [7, 11) is 1.55. The Labute approximate surface area is 102 Å². The molecular formula is C11H11N3O2S. The first-order chi connectivity index (χ1) is 8.29. The lowest BCUT2D eigenvalue weighted by molar-refractivity contribution is -0.115. The Morgan fingerprint density at radius 3 is 3.06 bits per heavy atom. The fourth-order valence-electron chi connectivity index (χ4n) is 1.34. The van der Waals surface area contributed by atoms with Gasteiger partial charge in [-0.05, 0) is 12.1 Å². The number of thiazole rings is 1. The molecule has 1 N–H and O–H groups in total. The van der Waals surface area contributed by atoms with Crippen molar-refractivity contribution in [1.82, 2.24) is 9.97 Å². The first kappa shape index (κ1) is 11.5. The number of nitrogens with one attached hydrogen (secondary N) is 1. The Morgan fingerprint density at radius 1 is 1.47 bits per heavy atom. The Bertz CT molecular complexity index is 499. The van der Waals surface area contributed by atoms with Crippen LogP contribution in [0, 0.1) is 0 Å². The van der Waals surface area contributed by atoms with Gasteiger partial charge in [-0.15, -0.1) is 11.3 Å². The summed E-state index contributed by atoms with van der Waals surface area (Å²) in [5.41, 5.74) is 0.615. The molecule has 0 aliphatic carbocycles. The highest BCUT2D eigenvalue weighted by molar-refractivity contribution is 7.13. The van der Waals surface area contributed by atoms with Crippen molar-refractivity contribution < 1.29 is 9.53 Å². The Kier molecular flexibility index (Phi) is 3.66. The summed E-state index contributed by atoms with van der Waals surface area (Å²) in [5.74, 6) is 0.457. The van der Waals surface area contributed by atoms with Gasteiger partial charge in [0.2, 0.25) is 5.91 Å². The topological polar surface area (TPSA) is 64.1 Å². The lowest BCUT2D eigenvalue weighted by Gasteiger charge is -2.06. The van der Waals surface area contributed by atoms with E-state index < -0.39 is 0 Å². The minimum atomic E-state index is -0.156. The lowest BCUT2D eigenvalue weighted by Crippen LogP contribution is -2.15. The summed E-state index contributed by atoms with van der Waals surface area (Å²) in [5, 5.41) is 5.09. The van der Waals surface area contributed by atoms with Crippen molar-refractivity contribution in [3.8, 4) is 5.75 Å². The summed E-state index contributed by atoms with van der Waals surface area (Å²) in [4.78, 5) is 19.8. The number of hydrogen-bond donors (Lipinski definition) is 1. The molecule has 17 heavy (non-hydrogen) atoms. The standard InChI is InChI=1S/C11H11N3O2S/c1-16-9-3-2-4-12-8(9)7-10(15)14-11-13-5-6-17-11/h2-6H,7H2,1H3,(H,13,14,15). The summed E-state index contributed by atoms with van der Waals surface area (Å²) in [6.45, 7) is 0. The number of pyridine rings is 1. The first-order valence-corrected chi connectivity index (χ1v) is 5.85. The van der Waals surface area contributed by atoms with Gasteiger partial charge in [0.1, 0.15) is 5.75 Å². The van der Waals surface area contributed by atoms with Crippen molar-refractivity contribution >= 4 is 22.4 Å². The van der Waals surface area contributed by atoms with Crippen molar-refractivity contribution in [3.63, 3.8) is 0 Å². The van der Waals surface area contributed by atoms with Gasteiger partial charge in [0.15, 0.2) is 5.13 Å². The number of aromatic nitrogens is 2. The average Bonchev–Trinajstić information content (AvgIpc) is 2.82. The number of carbonyl (C=O) groups excluding carboxylic acids is 1. The summed E-state index contributed by atoms with van der Waals surface area (Å²) in [6, 6.07) is 3.54. The zero-order valence-electron chi connectivity index (χ0n) is 9.21. The van der Waals surface area contributed by atoms with Crippen LogP contribution in [0.15, 0.2) is 29.9 Å². The Hall–Kier alpha value is -1.95. The highest BCUT2D eigenvalue weighted by atomic mass is 32.1. The molecule has 0 aromatic carbocycles. The smallest absolute Gasteiger partial charge is 0.232 e. The molecule has 2 aromatic heterocycles. The van der Waals surface area contributed by atoms with E-state index in [9.17, 15) is 4.79 Å². The van der Waals surface area contributed by atoms with Gasteiger partial charge in [0.25, 0.3) is 0 Å². The number of methoxy groups -OCH3 is 1.